The number of ether oxygens (including phenoxy) is 1. The predicted molar refractivity (Wildman–Crippen MR) is 116 cm³/mol. The van der Waals surface area contributed by atoms with Crippen molar-refractivity contribution in [1.29, 1.82) is 0 Å². The highest BCUT2D eigenvalue weighted by Crippen LogP contribution is 2.19. The third-order valence-corrected chi connectivity index (χ3v) is 4.80. The molecule has 29 heavy (non-hydrogen) atoms. The second-order valence-electron chi connectivity index (χ2n) is 6.69. The average Bonchev–Trinajstić information content (AvgIpc) is 3.18. The summed E-state index contributed by atoms with van der Waals surface area (Å²) in [5, 5.41) is 15.9. The molecule has 3 N–H and O–H groups in total. The van der Waals surface area contributed by atoms with Gasteiger partial charge in [0.25, 0.3) is 0 Å². The van der Waals surface area contributed by atoms with Crippen LogP contribution in [0.25, 0.3) is 10.9 Å². The second-order valence-corrected chi connectivity index (χ2v) is 6.69. The third kappa shape index (κ3) is 4.63. The van der Waals surface area contributed by atoms with Gasteiger partial charge in [-0.2, -0.15) is 10.1 Å². The van der Waals surface area contributed by atoms with E-state index in [1.54, 1.807) is 13.3 Å². The standard InChI is InChI=1S/C22H24N6O/c1-29-20-9-5-2-6-16(20)10-13-24-22-27-21(15-26-28-22)23-12-11-17-14-25-19-8-4-3-7-18(17)19/h2-9,14-15,25H,10-13H2,1H3,(H2,23,24,27,28). The summed E-state index contributed by atoms with van der Waals surface area (Å²) in [4.78, 5) is 7.80. The highest BCUT2D eigenvalue weighted by molar-refractivity contribution is 5.83. The van der Waals surface area contributed by atoms with E-state index >= 15 is 0 Å². The molecule has 148 valence electrons. The number of H-pyrrole nitrogens is 1. The molecule has 7 heteroatoms. The van der Waals surface area contributed by atoms with Crippen LogP contribution in [-0.2, 0) is 12.8 Å². The number of rotatable bonds is 9. The Labute approximate surface area is 169 Å². The number of para-hydroxylation sites is 2. The third-order valence-electron chi connectivity index (χ3n) is 4.80. The number of nitrogens with zero attached hydrogens (tertiary/aromatic N) is 3. The molecule has 0 bridgehead atoms. The highest BCUT2D eigenvalue weighted by atomic mass is 16.5. The topological polar surface area (TPSA) is 87.8 Å². The molecule has 0 atom stereocenters. The molecular weight excluding hydrogens is 364 g/mol. The number of nitrogens with one attached hydrogen (secondary N) is 3. The van der Waals surface area contributed by atoms with Crippen LogP contribution in [0.3, 0.4) is 0 Å². The van der Waals surface area contributed by atoms with Crippen molar-refractivity contribution in [3.8, 4) is 5.75 Å². The minimum atomic E-state index is 0.511. The molecule has 7 nitrogen and oxygen atoms in total. The number of methoxy groups -OCH3 is 1. The van der Waals surface area contributed by atoms with Crippen molar-refractivity contribution in [1.82, 2.24) is 20.2 Å². The van der Waals surface area contributed by atoms with Crippen LogP contribution in [-0.4, -0.2) is 40.4 Å². The first-order chi connectivity index (χ1) is 14.3. The maximum Gasteiger partial charge on any atom is 0.244 e. The zero-order chi connectivity index (χ0) is 19.9. The largest absolute Gasteiger partial charge is 0.496 e. The summed E-state index contributed by atoms with van der Waals surface area (Å²) in [6, 6.07) is 16.3. The van der Waals surface area contributed by atoms with E-state index in [0.717, 1.165) is 36.2 Å². The van der Waals surface area contributed by atoms with E-state index in [1.165, 1.54) is 10.9 Å². The zero-order valence-corrected chi connectivity index (χ0v) is 16.4. The van der Waals surface area contributed by atoms with Gasteiger partial charge in [0.1, 0.15) is 5.75 Å². The number of aromatic nitrogens is 4. The van der Waals surface area contributed by atoms with Crippen LogP contribution >= 0.6 is 0 Å². The summed E-state index contributed by atoms with van der Waals surface area (Å²) in [6.45, 7) is 1.46. The second kappa shape index (κ2) is 9.05. The van der Waals surface area contributed by atoms with E-state index in [1.807, 2.05) is 24.3 Å². The Morgan fingerprint density at radius 2 is 1.72 bits per heavy atom. The molecule has 0 amide bonds. The van der Waals surface area contributed by atoms with Gasteiger partial charge in [-0.3, -0.25) is 0 Å². The smallest absolute Gasteiger partial charge is 0.244 e. The van der Waals surface area contributed by atoms with Crippen LogP contribution in [0.5, 0.6) is 5.75 Å². The SMILES string of the molecule is COc1ccccc1CCNc1nncc(NCCc2c[nH]c3ccccc23)n1. The van der Waals surface area contributed by atoms with Crippen LogP contribution < -0.4 is 15.4 Å². The summed E-state index contributed by atoms with van der Waals surface area (Å²) >= 11 is 0. The Morgan fingerprint density at radius 3 is 2.66 bits per heavy atom. The van der Waals surface area contributed by atoms with E-state index in [-0.39, 0.29) is 0 Å². The van der Waals surface area contributed by atoms with Gasteiger partial charge in [-0.1, -0.05) is 36.4 Å². The van der Waals surface area contributed by atoms with Gasteiger partial charge < -0.3 is 20.4 Å². The number of benzene rings is 2. The number of hydrogen-bond acceptors (Lipinski definition) is 6. The lowest BCUT2D eigenvalue weighted by Gasteiger charge is -2.09. The van der Waals surface area contributed by atoms with Crippen LogP contribution in [0.15, 0.2) is 60.9 Å². The molecule has 0 aliphatic heterocycles. The molecule has 0 radical (unpaired) electrons. The van der Waals surface area contributed by atoms with Crippen molar-refractivity contribution in [2.45, 2.75) is 12.8 Å². The van der Waals surface area contributed by atoms with E-state index < -0.39 is 0 Å². The van der Waals surface area contributed by atoms with Crippen molar-refractivity contribution >= 4 is 22.7 Å². The Bertz CT molecular complexity index is 1080. The summed E-state index contributed by atoms with van der Waals surface area (Å²) in [7, 11) is 1.69. The Balaban J connectivity index is 1.29. The van der Waals surface area contributed by atoms with Crippen LogP contribution in [0.1, 0.15) is 11.1 Å². The van der Waals surface area contributed by atoms with Gasteiger partial charge in [0, 0.05) is 30.2 Å². The van der Waals surface area contributed by atoms with Crippen LogP contribution in [0.4, 0.5) is 11.8 Å². The quantitative estimate of drug-likeness (QED) is 0.405. The maximum atomic E-state index is 5.39. The van der Waals surface area contributed by atoms with E-state index in [9.17, 15) is 0 Å². The lowest BCUT2D eigenvalue weighted by atomic mass is 10.1. The number of fused-ring (bicyclic) bond motifs is 1. The Morgan fingerprint density at radius 1 is 0.931 bits per heavy atom. The van der Waals surface area contributed by atoms with Crippen molar-refractivity contribution in [3.63, 3.8) is 0 Å². The lowest BCUT2D eigenvalue weighted by molar-refractivity contribution is 0.410. The lowest BCUT2D eigenvalue weighted by Crippen LogP contribution is -2.12. The van der Waals surface area contributed by atoms with Crippen molar-refractivity contribution < 1.29 is 4.74 Å². The Hall–Kier alpha value is -3.61. The summed E-state index contributed by atoms with van der Waals surface area (Å²) in [5.74, 6) is 2.11. The molecule has 2 aromatic heterocycles. The molecule has 2 heterocycles. The monoisotopic (exact) mass is 388 g/mol. The summed E-state index contributed by atoms with van der Waals surface area (Å²) < 4.78 is 5.39. The van der Waals surface area contributed by atoms with Gasteiger partial charge in [0.2, 0.25) is 5.95 Å². The fraction of sp³-hybridized carbons (Fsp3) is 0.227. The number of aromatic amines is 1. The molecule has 0 saturated heterocycles. The van der Waals surface area contributed by atoms with Gasteiger partial charge in [0.05, 0.1) is 13.3 Å². The van der Waals surface area contributed by atoms with E-state index in [4.69, 9.17) is 4.74 Å². The molecule has 0 unspecified atom stereocenters. The minimum Gasteiger partial charge on any atom is -0.496 e. The first-order valence-corrected chi connectivity index (χ1v) is 9.68. The fourth-order valence-corrected chi connectivity index (χ4v) is 3.35. The van der Waals surface area contributed by atoms with Gasteiger partial charge in [-0.15, -0.1) is 5.10 Å². The van der Waals surface area contributed by atoms with Gasteiger partial charge in [-0.05, 0) is 36.1 Å². The molecule has 0 spiro atoms. The molecular formula is C22H24N6O. The van der Waals surface area contributed by atoms with E-state index in [2.05, 4.69) is 61.3 Å². The number of hydrogen-bond donors (Lipinski definition) is 3. The molecule has 0 aliphatic carbocycles. The van der Waals surface area contributed by atoms with Gasteiger partial charge >= 0.3 is 0 Å². The molecule has 4 rings (SSSR count). The molecule has 0 fully saturated rings. The minimum absolute atomic E-state index is 0.511. The van der Waals surface area contributed by atoms with Gasteiger partial charge in [0.15, 0.2) is 5.82 Å². The van der Waals surface area contributed by atoms with Crippen LogP contribution in [0.2, 0.25) is 0 Å². The summed E-state index contributed by atoms with van der Waals surface area (Å²) in [5.41, 5.74) is 3.58. The zero-order valence-electron chi connectivity index (χ0n) is 16.4. The van der Waals surface area contributed by atoms with Crippen LogP contribution in [0, 0.1) is 0 Å². The van der Waals surface area contributed by atoms with Crippen molar-refractivity contribution in [2.75, 3.05) is 30.8 Å². The predicted octanol–water partition coefficient (Wildman–Crippen LogP) is 3.67. The first-order valence-electron chi connectivity index (χ1n) is 9.68. The normalized spacial score (nSPS) is 10.8. The van der Waals surface area contributed by atoms with Crippen molar-refractivity contribution in [3.05, 3.63) is 72.1 Å². The number of anilines is 2. The van der Waals surface area contributed by atoms with Gasteiger partial charge in [-0.25, -0.2) is 0 Å². The highest BCUT2D eigenvalue weighted by Gasteiger charge is 2.05. The molecule has 0 saturated carbocycles. The van der Waals surface area contributed by atoms with Crippen molar-refractivity contribution in [2.24, 2.45) is 0 Å². The Kier molecular flexibility index (Phi) is 5.85. The molecule has 4 aromatic rings. The average molecular weight is 388 g/mol. The summed E-state index contributed by atoms with van der Waals surface area (Å²) in [6.07, 6.45) is 5.41. The molecule has 0 aliphatic rings. The first kappa shape index (κ1) is 18.7. The fourth-order valence-electron chi connectivity index (χ4n) is 3.35. The van der Waals surface area contributed by atoms with E-state index in [0.29, 0.717) is 18.3 Å². The maximum absolute atomic E-state index is 5.39. The molecule has 2 aromatic carbocycles.